The lowest BCUT2D eigenvalue weighted by Crippen LogP contribution is -2.13. The zero-order chi connectivity index (χ0) is 12.2. The highest BCUT2D eigenvalue weighted by Crippen LogP contribution is 2.36. The summed E-state index contributed by atoms with van der Waals surface area (Å²) in [6, 6.07) is 3.45. The van der Waals surface area contributed by atoms with Crippen molar-refractivity contribution in [2.45, 2.75) is 13.3 Å². The van der Waals surface area contributed by atoms with E-state index in [1.165, 1.54) is 0 Å². The third-order valence-electron chi connectivity index (χ3n) is 3.44. The summed E-state index contributed by atoms with van der Waals surface area (Å²) in [5.41, 5.74) is 2.50. The summed E-state index contributed by atoms with van der Waals surface area (Å²) in [7, 11) is 1.97. The zero-order valence-electron chi connectivity index (χ0n) is 9.78. The second-order valence-corrected chi connectivity index (χ2v) is 4.47. The van der Waals surface area contributed by atoms with Crippen LogP contribution >= 0.6 is 0 Å². The first-order chi connectivity index (χ1) is 8.09. The molecule has 4 nitrogen and oxygen atoms in total. The van der Waals surface area contributed by atoms with Crippen molar-refractivity contribution in [3.05, 3.63) is 33.7 Å². The molecule has 0 aliphatic carbocycles. The molecule has 3 rings (SSSR count). The van der Waals surface area contributed by atoms with Gasteiger partial charge in [-0.1, -0.05) is 0 Å². The fraction of sp³-hybridized carbons (Fsp3) is 0.308. The average Bonchev–Trinajstić information content (AvgIpc) is 2.68. The van der Waals surface area contributed by atoms with Crippen LogP contribution in [0.4, 0.5) is 5.69 Å². The molecule has 17 heavy (non-hydrogen) atoms. The maximum absolute atomic E-state index is 11.9. The van der Waals surface area contributed by atoms with Gasteiger partial charge >= 0.3 is 5.63 Å². The molecule has 1 aromatic heterocycles. The van der Waals surface area contributed by atoms with Crippen molar-refractivity contribution in [1.82, 2.24) is 0 Å². The molecule has 1 aromatic carbocycles. The zero-order valence-corrected chi connectivity index (χ0v) is 9.78. The molecular weight excluding hydrogens is 218 g/mol. The van der Waals surface area contributed by atoms with Crippen molar-refractivity contribution in [3.8, 4) is 5.75 Å². The molecule has 0 amide bonds. The first-order valence-electron chi connectivity index (χ1n) is 5.59. The standard InChI is InChI=1S/C13H13NO3/c1-7-10(15)4-3-8-11-9(5-6-14(11)2)13(16)17-12(7)8/h3-4,15H,5-6H2,1-2H3. The molecule has 0 bridgehead atoms. The Bertz CT molecular complexity index is 672. The maximum atomic E-state index is 11.9. The molecule has 1 N–H and O–H groups in total. The van der Waals surface area contributed by atoms with Crippen LogP contribution < -0.4 is 10.5 Å². The van der Waals surface area contributed by atoms with Gasteiger partial charge in [-0.3, -0.25) is 0 Å². The Morgan fingerprint density at radius 3 is 2.94 bits per heavy atom. The summed E-state index contributed by atoms with van der Waals surface area (Å²) in [5, 5.41) is 10.5. The summed E-state index contributed by atoms with van der Waals surface area (Å²) in [5.74, 6) is 0.154. The van der Waals surface area contributed by atoms with E-state index in [0.29, 0.717) is 11.1 Å². The van der Waals surface area contributed by atoms with Gasteiger partial charge in [0.05, 0.1) is 11.3 Å². The van der Waals surface area contributed by atoms with Gasteiger partial charge in [0.1, 0.15) is 11.3 Å². The highest BCUT2D eigenvalue weighted by molar-refractivity contribution is 5.95. The quantitative estimate of drug-likeness (QED) is 0.702. The Hall–Kier alpha value is -1.97. The number of aromatic hydroxyl groups is 1. The normalized spacial score (nSPS) is 14.4. The number of likely N-dealkylation sites (N-methyl/N-ethyl adjacent to an activating group) is 1. The molecule has 2 heterocycles. The van der Waals surface area contributed by atoms with E-state index >= 15 is 0 Å². The summed E-state index contributed by atoms with van der Waals surface area (Å²) in [6.45, 7) is 2.58. The van der Waals surface area contributed by atoms with E-state index in [-0.39, 0.29) is 11.4 Å². The Morgan fingerprint density at radius 1 is 1.41 bits per heavy atom. The molecule has 0 unspecified atom stereocenters. The van der Waals surface area contributed by atoms with Crippen LogP contribution in [0, 0.1) is 6.92 Å². The summed E-state index contributed by atoms with van der Waals surface area (Å²) >= 11 is 0. The highest BCUT2D eigenvalue weighted by Gasteiger charge is 2.24. The third kappa shape index (κ3) is 1.27. The molecule has 88 valence electrons. The molecule has 0 fully saturated rings. The van der Waals surface area contributed by atoms with E-state index in [1.807, 2.05) is 7.05 Å². The molecule has 0 atom stereocenters. The van der Waals surface area contributed by atoms with Crippen molar-refractivity contribution in [2.75, 3.05) is 18.5 Å². The Labute approximate surface area is 98.1 Å². The lowest BCUT2D eigenvalue weighted by Gasteiger charge is -2.14. The number of rotatable bonds is 0. The van der Waals surface area contributed by atoms with Gasteiger partial charge in [0.15, 0.2) is 0 Å². The molecule has 4 heteroatoms. The van der Waals surface area contributed by atoms with E-state index < -0.39 is 0 Å². The lowest BCUT2D eigenvalue weighted by molar-refractivity contribution is 0.468. The number of hydrogen-bond donors (Lipinski definition) is 1. The highest BCUT2D eigenvalue weighted by atomic mass is 16.4. The van der Waals surface area contributed by atoms with Gasteiger partial charge in [0, 0.05) is 24.5 Å². The van der Waals surface area contributed by atoms with Crippen molar-refractivity contribution in [1.29, 1.82) is 0 Å². The van der Waals surface area contributed by atoms with E-state index in [2.05, 4.69) is 4.90 Å². The van der Waals surface area contributed by atoms with Crippen LogP contribution in [-0.2, 0) is 6.42 Å². The molecule has 0 spiro atoms. The number of anilines is 1. The smallest absolute Gasteiger partial charge is 0.341 e. The molecule has 0 saturated heterocycles. The van der Waals surface area contributed by atoms with Gasteiger partial charge in [0.2, 0.25) is 0 Å². The molecule has 1 aliphatic rings. The van der Waals surface area contributed by atoms with Gasteiger partial charge in [-0.25, -0.2) is 4.79 Å². The average molecular weight is 231 g/mol. The number of hydrogen-bond acceptors (Lipinski definition) is 4. The number of benzene rings is 1. The van der Waals surface area contributed by atoms with E-state index in [4.69, 9.17) is 4.42 Å². The SMILES string of the molecule is Cc1c(O)ccc2c3c(c(=O)oc12)CCN3C. The van der Waals surface area contributed by atoms with Crippen LogP contribution in [0.1, 0.15) is 11.1 Å². The minimum atomic E-state index is -0.287. The molecule has 0 radical (unpaired) electrons. The second-order valence-electron chi connectivity index (χ2n) is 4.47. The fourth-order valence-corrected chi connectivity index (χ4v) is 2.46. The van der Waals surface area contributed by atoms with Gasteiger partial charge in [-0.05, 0) is 25.5 Å². The van der Waals surface area contributed by atoms with Gasteiger partial charge in [0.25, 0.3) is 0 Å². The Morgan fingerprint density at radius 2 is 2.18 bits per heavy atom. The fourth-order valence-electron chi connectivity index (χ4n) is 2.46. The van der Waals surface area contributed by atoms with E-state index in [0.717, 1.165) is 29.6 Å². The first kappa shape index (κ1) is 10.2. The Kier molecular flexibility index (Phi) is 1.96. The van der Waals surface area contributed by atoms with Crippen molar-refractivity contribution in [3.63, 3.8) is 0 Å². The molecular formula is C13H13NO3. The van der Waals surface area contributed by atoms with E-state index in [9.17, 15) is 9.90 Å². The number of phenols is 1. The topological polar surface area (TPSA) is 53.7 Å². The summed E-state index contributed by atoms with van der Waals surface area (Å²) in [6.07, 6.45) is 0.726. The predicted octanol–water partition coefficient (Wildman–Crippen LogP) is 1.80. The maximum Gasteiger partial charge on any atom is 0.341 e. The molecule has 2 aromatic rings. The third-order valence-corrected chi connectivity index (χ3v) is 3.44. The minimum Gasteiger partial charge on any atom is -0.508 e. The van der Waals surface area contributed by atoms with Gasteiger partial charge in [-0.15, -0.1) is 0 Å². The molecule has 0 saturated carbocycles. The Balaban J connectivity index is 2.52. The van der Waals surface area contributed by atoms with Crippen LogP contribution in [-0.4, -0.2) is 18.7 Å². The largest absolute Gasteiger partial charge is 0.508 e. The molecule has 1 aliphatic heterocycles. The van der Waals surface area contributed by atoms with Crippen molar-refractivity contribution < 1.29 is 9.52 Å². The second kappa shape index (κ2) is 3.26. The van der Waals surface area contributed by atoms with Gasteiger partial charge < -0.3 is 14.4 Å². The predicted molar refractivity (Wildman–Crippen MR) is 65.9 cm³/mol. The van der Waals surface area contributed by atoms with E-state index in [1.54, 1.807) is 19.1 Å². The van der Waals surface area contributed by atoms with Crippen molar-refractivity contribution >= 4 is 16.7 Å². The van der Waals surface area contributed by atoms with Crippen LogP contribution in [0.25, 0.3) is 11.0 Å². The minimum absolute atomic E-state index is 0.154. The number of phenolic OH excluding ortho intramolecular Hbond substituents is 1. The lowest BCUT2D eigenvalue weighted by atomic mass is 10.1. The number of nitrogens with zero attached hydrogens (tertiary/aromatic N) is 1. The summed E-state index contributed by atoms with van der Waals surface area (Å²) < 4.78 is 5.32. The number of aryl methyl sites for hydroxylation is 1. The van der Waals surface area contributed by atoms with Crippen LogP contribution in [0.5, 0.6) is 5.75 Å². The van der Waals surface area contributed by atoms with Crippen LogP contribution in [0.15, 0.2) is 21.3 Å². The van der Waals surface area contributed by atoms with Crippen LogP contribution in [0.3, 0.4) is 0 Å². The monoisotopic (exact) mass is 231 g/mol. The first-order valence-corrected chi connectivity index (χ1v) is 5.59. The van der Waals surface area contributed by atoms with Crippen LogP contribution in [0.2, 0.25) is 0 Å². The van der Waals surface area contributed by atoms with Crippen molar-refractivity contribution in [2.24, 2.45) is 0 Å². The summed E-state index contributed by atoms with van der Waals surface area (Å²) in [4.78, 5) is 13.9. The van der Waals surface area contributed by atoms with Gasteiger partial charge in [-0.2, -0.15) is 0 Å². The number of fused-ring (bicyclic) bond motifs is 3.